The number of carbonyl (C=O) groups excluding carboxylic acids is 1. The molecular formula is C19H22N2OS. The highest BCUT2D eigenvalue weighted by Crippen LogP contribution is 2.31. The summed E-state index contributed by atoms with van der Waals surface area (Å²) < 4.78 is 0. The van der Waals surface area contributed by atoms with Gasteiger partial charge in [0.05, 0.1) is 5.56 Å². The summed E-state index contributed by atoms with van der Waals surface area (Å²) in [6.07, 6.45) is 2.05. The summed E-state index contributed by atoms with van der Waals surface area (Å²) in [7, 11) is 1.99. The standard InChI is InChI=1S/C19H22N2OS/c1-20-15-11-13-21(14-12-15)19(22)17-9-5-6-10-18(17)23-16-7-3-2-4-8-16/h2-10,15,20H,11-14H2,1H3. The van der Waals surface area contributed by atoms with Gasteiger partial charge >= 0.3 is 0 Å². The maximum Gasteiger partial charge on any atom is 0.255 e. The first-order valence-corrected chi connectivity index (χ1v) is 8.88. The molecule has 3 rings (SSSR count). The Morgan fingerprint density at radius 3 is 2.39 bits per heavy atom. The molecule has 0 spiro atoms. The number of nitrogens with one attached hydrogen (secondary N) is 1. The highest BCUT2D eigenvalue weighted by Gasteiger charge is 2.24. The summed E-state index contributed by atoms with van der Waals surface area (Å²) in [5, 5.41) is 3.31. The number of piperidine rings is 1. The normalized spacial score (nSPS) is 15.6. The number of nitrogens with zero attached hydrogens (tertiary/aromatic N) is 1. The topological polar surface area (TPSA) is 32.3 Å². The predicted molar refractivity (Wildman–Crippen MR) is 95.0 cm³/mol. The van der Waals surface area contributed by atoms with Crippen molar-refractivity contribution >= 4 is 17.7 Å². The van der Waals surface area contributed by atoms with Crippen LogP contribution in [-0.4, -0.2) is 37.0 Å². The van der Waals surface area contributed by atoms with Gasteiger partial charge in [0.2, 0.25) is 0 Å². The van der Waals surface area contributed by atoms with E-state index in [1.165, 1.54) is 0 Å². The monoisotopic (exact) mass is 326 g/mol. The molecule has 0 bridgehead atoms. The lowest BCUT2D eigenvalue weighted by molar-refractivity contribution is 0.0704. The molecule has 1 aliphatic heterocycles. The molecule has 2 aromatic carbocycles. The van der Waals surface area contributed by atoms with Crippen LogP contribution in [0.2, 0.25) is 0 Å². The second-order valence-electron chi connectivity index (χ2n) is 5.77. The van der Waals surface area contributed by atoms with Gasteiger partial charge in [-0.05, 0) is 44.2 Å². The van der Waals surface area contributed by atoms with Gasteiger partial charge in [-0.25, -0.2) is 0 Å². The fourth-order valence-electron chi connectivity index (χ4n) is 2.89. The zero-order valence-electron chi connectivity index (χ0n) is 13.4. The highest BCUT2D eigenvalue weighted by molar-refractivity contribution is 7.99. The van der Waals surface area contributed by atoms with E-state index in [0.29, 0.717) is 6.04 Å². The van der Waals surface area contributed by atoms with Crippen LogP contribution in [0.3, 0.4) is 0 Å². The van der Waals surface area contributed by atoms with E-state index in [-0.39, 0.29) is 5.91 Å². The lowest BCUT2D eigenvalue weighted by Crippen LogP contribution is -2.44. The Bertz CT molecular complexity index is 651. The van der Waals surface area contributed by atoms with Crippen LogP contribution in [0.15, 0.2) is 64.4 Å². The average molecular weight is 326 g/mol. The molecule has 0 aliphatic carbocycles. The van der Waals surface area contributed by atoms with Crippen LogP contribution >= 0.6 is 11.8 Å². The molecule has 1 amide bonds. The molecule has 3 nitrogen and oxygen atoms in total. The Kier molecular flexibility index (Phi) is 5.36. The Labute approximate surface area is 142 Å². The maximum absolute atomic E-state index is 12.9. The third-order valence-electron chi connectivity index (χ3n) is 4.28. The van der Waals surface area contributed by atoms with Gasteiger partial charge in [-0.1, -0.05) is 42.1 Å². The van der Waals surface area contributed by atoms with Crippen LogP contribution in [0, 0.1) is 0 Å². The first-order chi connectivity index (χ1) is 11.3. The Hall–Kier alpha value is -1.78. The molecule has 0 atom stereocenters. The fourth-order valence-corrected chi connectivity index (χ4v) is 3.85. The van der Waals surface area contributed by atoms with Gasteiger partial charge in [0.1, 0.15) is 0 Å². The van der Waals surface area contributed by atoms with E-state index in [1.807, 2.05) is 54.4 Å². The van der Waals surface area contributed by atoms with Gasteiger partial charge in [-0.2, -0.15) is 0 Å². The molecule has 4 heteroatoms. The minimum Gasteiger partial charge on any atom is -0.338 e. The van der Waals surface area contributed by atoms with Crippen LogP contribution in [-0.2, 0) is 0 Å². The summed E-state index contributed by atoms with van der Waals surface area (Å²) in [5.74, 6) is 0.151. The van der Waals surface area contributed by atoms with E-state index < -0.39 is 0 Å². The number of hydrogen-bond acceptors (Lipinski definition) is 3. The summed E-state index contributed by atoms with van der Waals surface area (Å²) >= 11 is 1.65. The van der Waals surface area contributed by atoms with Crippen LogP contribution < -0.4 is 5.32 Å². The summed E-state index contributed by atoms with van der Waals surface area (Å²) in [6, 6.07) is 18.7. The molecule has 0 unspecified atom stereocenters. The van der Waals surface area contributed by atoms with Crippen molar-refractivity contribution in [2.75, 3.05) is 20.1 Å². The second-order valence-corrected chi connectivity index (χ2v) is 6.88. The number of carbonyl (C=O) groups is 1. The number of hydrogen-bond donors (Lipinski definition) is 1. The quantitative estimate of drug-likeness (QED) is 0.930. The van der Waals surface area contributed by atoms with Crippen molar-refractivity contribution in [1.29, 1.82) is 0 Å². The van der Waals surface area contributed by atoms with Crippen LogP contribution in [0.5, 0.6) is 0 Å². The average Bonchev–Trinajstić information content (AvgIpc) is 2.62. The summed E-state index contributed by atoms with van der Waals surface area (Å²) in [5.41, 5.74) is 0.810. The molecule has 1 saturated heterocycles. The molecule has 0 saturated carbocycles. The second kappa shape index (κ2) is 7.66. The molecule has 1 N–H and O–H groups in total. The molecule has 0 aromatic heterocycles. The summed E-state index contributed by atoms with van der Waals surface area (Å²) in [4.78, 5) is 17.1. The van der Waals surface area contributed by atoms with E-state index >= 15 is 0 Å². The van der Waals surface area contributed by atoms with E-state index in [4.69, 9.17) is 0 Å². The largest absolute Gasteiger partial charge is 0.338 e. The SMILES string of the molecule is CNC1CCN(C(=O)c2ccccc2Sc2ccccc2)CC1. The third kappa shape index (κ3) is 3.95. The van der Waals surface area contributed by atoms with Gasteiger partial charge < -0.3 is 10.2 Å². The predicted octanol–water partition coefficient (Wildman–Crippen LogP) is 3.66. The molecule has 1 aliphatic rings. The molecular weight excluding hydrogens is 304 g/mol. The molecule has 1 fully saturated rings. The number of benzene rings is 2. The highest BCUT2D eigenvalue weighted by atomic mass is 32.2. The van der Waals surface area contributed by atoms with Crippen molar-refractivity contribution in [2.45, 2.75) is 28.7 Å². The van der Waals surface area contributed by atoms with Gasteiger partial charge in [0, 0.05) is 28.9 Å². The van der Waals surface area contributed by atoms with E-state index in [0.717, 1.165) is 41.3 Å². The Morgan fingerprint density at radius 2 is 1.70 bits per heavy atom. The number of rotatable bonds is 4. The van der Waals surface area contributed by atoms with Crippen molar-refractivity contribution in [1.82, 2.24) is 10.2 Å². The van der Waals surface area contributed by atoms with Crippen molar-refractivity contribution in [3.8, 4) is 0 Å². The molecule has 1 heterocycles. The zero-order chi connectivity index (χ0) is 16.1. The third-order valence-corrected chi connectivity index (χ3v) is 5.36. The van der Waals surface area contributed by atoms with Gasteiger partial charge in [-0.3, -0.25) is 4.79 Å². The van der Waals surface area contributed by atoms with Gasteiger partial charge in [-0.15, -0.1) is 0 Å². The Morgan fingerprint density at radius 1 is 1.04 bits per heavy atom. The van der Waals surface area contributed by atoms with Crippen molar-refractivity contribution in [3.63, 3.8) is 0 Å². The van der Waals surface area contributed by atoms with Crippen LogP contribution in [0.25, 0.3) is 0 Å². The lowest BCUT2D eigenvalue weighted by atomic mass is 10.0. The van der Waals surface area contributed by atoms with Crippen LogP contribution in [0.4, 0.5) is 0 Å². The van der Waals surface area contributed by atoms with Crippen molar-refractivity contribution in [3.05, 3.63) is 60.2 Å². The molecule has 23 heavy (non-hydrogen) atoms. The number of likely N-dealkylation sites (tertiary alicyclic amines) is 1. The molecule has 0 radical (unpaired) electrons. The first-order valence-electron chi connectivity index (χ1n) is 8.06. The van der Waals surface area contributed by atoms with Gasteiger partial charge in [0.25, 0.3) is 5.91 Å². The number of amides is 1. The Balaban J connectivity index is 1.76. The minimum atomic E-state index is 0.151. The van der Waals surface area contributed by atoms with E-state index in [9.17, 15) is 4.79 Å². The fraction of sp³-hybridized carbons (Fsp3) is 0.316. The van der Waals surface area contributed by atoms with Crippen LogP contribution in [0.1, 0.15) is 23.2 Å². The maximum atomic E-state index is 12.9. The molecule has 120 valence electrons. The zero-order valence-corrected chi connectivity index (χ0v) is 14.2. The first kappa shape index (κ1) is 16.1. The lowest BCUT2D eigenvalue weighted by Gasteiger charge is -2.32. The summed E-state index contributed by atoms with van der Waals surface area (Å²) in [6.45, 7) is 1.66. The van der Waals surface area contributed by atoms with E-state index in [2.05, 4.69) is 17.4 Å². The molecule has 2 aromatic rings. The van der Waals surface area contributed by atoms with Crippen molar-refractivity contribution < 1.29 is 4.79 Å². The van der Waals surface area contributed by atoms with E-state index in [1.54, 1.807) is 11.8 Å². The van der Waals surface area contributed by atoms with Gasteiger partial charge in [0.15, 0.2) is 0 Å². The smallest absolute Gasteiger partial charge is 0.255 e. The minimum absolute atomic E-state index is 0.151. The van der Waals surface area contributed by atoms with Crippen molar-refractivity contribution in [2.24, 2.45) is 0 Å².